The second-order valence-corrected chi connectivity index (χ2v) is 1.68. The lowest BCUT2D eigenvalue weighted by molar-refractivity contribution is -0.110. The lowest BCUT2D eigenvalue weighted by atomic mass is 10.2. The lowest BCUT2D eigenvalue weighted by Gasteiger charge is -2.03. The average molecular weight is 133 g/mol. The second kappa shape index (κ2) is 3.63. The van der Waals surface area contributed by atoms with Gasteiger partial charge in [-0.15, -0.1) is 0 Å². The molecule has 46 valence electrons. The molecular weight excluding hydrogens is 126 g/mol. The zero-order valence-corrected chi connectivity index (χ0v) is 5.26. The third kappa shape index (κ3) is 2.09. The SMILES string of the molecule is C[C@@H](O)[C@@H](C=O)N=S. The number of aliphatic hydroxyl groups is 1. The molecule has 0 fully saturated rings. The number of hydrogen-bond acceptors (Lipinski definition) is 4. The molecule has 8 heavy (non-hydrogen) atoms. The number of aliphatic hydroxyl groups excluding tert-OH is 1. The van der Waals surface area contributed by atoms with Gasteiger partial charge in [0, 0.05) is 12.4 Å². The Balaban J connectivity index is 3.68. The van der Waals surface area contributed by atoms with E-state index < -0.39 is 12.1 Å². The molecule has 0 aromatic carbocycles. The van der Waals surface area contributed by atoms with E-state index in [-0.39, 0.29) is 0 Å². The second-order valence-electron chi connectivity index (χ2n) is 1.47. The summed E-state index contributed by atoms with van der Waals surface area (Å²) in [5, 5.41) is 8.62. The van der Waals surface area contributed by atoms with Gasteiger partial charge in [-0.2, -0.15) is 0 Å². The highest BCUT2D eigenvalue weighted by atomic mass is 32.1. The van der Waals surface area contributed by atoms with Gasteiger partial charge < -0.3 is 9.90 Å². The molecule has 0 unspecified atom stereocenters. The number of nitrogens with zero attached hydrogens (tertiary/aromatic N) is 1. The number of carbonyl (C=O) groups excluding carboxylic acids is 1. The Hall–Kier alpha value is -0.350. The first-order valence-corrected chi connectivity index (χ1v) is 2.54. The number of rotatable bonds is 3. The highest BCUT2D eigenvalue weighted by Crippen LogP contribution is 1.91. The van der Waals surface area contributed by atoms with Gasteiger partial charge in [0.25, 0.3) is 0 Å². The van der Waals surface area contributed by atoms with Crippen LogP contribution in [0.5, 0.6) is 0 Å². The van der Waals surface area contributed by atoms with E-state index in [1.807, 2.05) is 0 Å². The Labute approximate surface area is 52.9 Å². The summed E-state index contributed by atoms with van der Waals surface area (Å²) in [5.41, 5.74) is 0. The number of carbonyl (C=O) groups is 1. The Morgan fingerprint density at radius 2 is 2.38 bits per heavy atom. The highest BCUT2D eigenvalue weighted by Gasteiger charge is 2.09. The van der Waals surface area contributed by atoms with Gasteiger partial charge in [-0.25, -0.2) is 4.36 Å². The topological polar surface area (TPSA) is 49.7 Å². The van der Waals surface area contributed by atoms with Crippen molar-refractivity contribution in [1.29, 1.82) is 0 Å². The molecule has 0 rings (SSSR count). The standard InChI is InChI=1S/C4H7NO2S/c1-3(7)4(2-6)5-8/h2-4,7H,1H3/t3-,4-/m1/s1. The van der Waals surface area contributed by atoms with Crippen molar-refractivity contribution in [2.45, 2.75) is 19.1 Å². The van der Waals surface area contributed by atoms with Crippen molar-refractivity contribution in [2.75, 3.05) is 0 Å². The lowest BCUT2D eigenvalue weighted by Crippen LogP contribution is -2.21. The molecule has 0 aliphatic rings. The molecule has 0 aromatic heterocycles. The molecule has 0 spiro atoms. The maximum Gasteiger partial charge on any atom is 0.148 e. The van der Waals surface area contributed by atoms with Crippen molar-refractivity contribution in [3.63, 3.8) is 0 Å². The van der Waals surface area contributed by atoms with E-state index in [9.17, 15) is 4.79 Å². The van der Waals surface area contributed by atoms with Crippen LogP contribution in [0.1, 0.15) is 6.92 Å². The molecule has 0 radical (unpaired) electrons. The molecule has 4 heteroatoms. The van der Waals surface area contributed by atoms with Crippen LogP contribution in [0.2, 0.25) is 0 Å². The van der Waals surface area contributed by atoms with Crippen LogP contribution in [0.3, 0.4) is 0 Å². The minimum Gasteiger partial charge on any atom is -0.391 e. The summed E-state index contributed by atoms with van der Waals surface area (Å²) in [6, 6.07) is -0.731. The molecule has 0 saturated heterocycles. The third-order valence-electron chi connectivity index (χ3n) is 0.755. The molecule has 1 N–H and O–H groups in total. The monoisotopic (exact) mass is 133 g/mol. The summed E-state index contributed by atoms with van der Waals surface area (Å²) in [6.45, 7) is 1.47. The first kappa shape index (κ1) is 7.65. The van der Waals surface area contributed by atoms with E-state index in [1.54, 1.807) is 0 Å². The molecule has 0 amide bonds. The minimum absolute atomic E-state index is 0.525. The normalized spacial score (nSPS) is 16.8. The summed E-state index contributed by atoms with van der Waals surface area (Å²) in [6.07, 6.45) is -0.234. The van der Waals surface area contributed by atoms with Gasteiger partial charge in [0.1, 0.15) is 12.3 Å². The zero-order valence-electron chi connectivity index (χ0n) is 4.44. The molecule has 0 saturated carbocycles. The van der Waals surface area contributed by atoms with Gasteiger partial charge in [-0.05, 0) is 6.92 Å². The highest BCUT2D eigenvalue weighted by molar-refractivity contribution is 7.47. The zero-order chi connectivity index (χ0) is 6.57. The van der Waals surface area contributed by atoms with Crippen LogP contribution in [0, 0.1) is 0 Å². The first-order valence-electron chi connectivity index (χ1n) is 2.18. The molecule has 0 aliphatic carbocycles. The van der Waals surface area contributed by atoms with Gasteiger partial charge in [0.05, 0.1) is 6.10 Å². The maximum absolute atomic E-state index is 9.86. The van der Waals surface area contributed by atoms with E-state index in [4.69, 9.17) is 5.11 Å². The van der Waals surface area contributed by atoms with E-state index >= 15 is 0 Å². The first-order chi connectivity index (χ1) is 3.72. The molecule has 3 nitrogen and oxygen atoms in total. The Kier molecular flexibility index (Phi) is 3.47. The van der Waals surface area contributed by atoms with Crippen LogP contribution in [-0.2, 0) is 17.2 Å². The number of hydrogen-bond donors (Lipinski definition) is 1. The summed E-state index contributed by atoms with van der Waals surface area (Å²) in [7, 11) is 0. The molecular formula is C4H7NO2S. The Bertz CT molecular complexity index is 86.0. The molecule has 0 aromatic rings. The quantitative estimate of drug-likeness (QED) is 0.536. The fourth-order valence-electron chi connectivity index (χ4n) is 0.227. The fraction of sp³-hybridized carbons (Fsp3) is 0.750. The molecule has 0 bridgehead atoms. The van der Waals surface area contributed by atoms with Crippen molar-refractivity contribution in [1.82, 2.24) is 0 Å². The Morgan fingerprint density at radius 1 is 1.88 bits per heavy atom. The van der Waals surface area contributed by atoms with Gasteiger partial charge in [-0.1, -0.05) is 0 Å². The van der Waals surface area contributed by atoms with Crippen molar-refractivity contribution in [2.24, 2.45) is 4.36 Å². The van der Waals surface area contributed by atoms with Crippen LogP contribution in [0.4, 0.5) is 0 Å². The van der Waals surface area contributed by atoms with E-state index in [0.717, 1.165) is 0 Å². The van der Waals surface area contributed by atoms with Crippen molar-refractivity contribution >= 4 is 18.7 Å². The molecule has 2 atom stereocenters. The summed E-state index contributed by atoms with van der Waals surface area (Å²) >= 11 is 4.18. The van der Waals surface area contributed by atoms with Crippen LogP contribution >= 0.6 is 0 Å². The van der Waals surface area contributed by atoms with Crippen molar-refractivity contribution < 1.29 is 9.90 Å². The van der Waals surface area contributed by atoms with Crippen molar-refractivity contribution in [3.05, 3.63) is 0 Å². The van der Waals surface area contributed by atoms with E-state index in [1.165, 1.54) is 6.92 Å². The predicted octanol–water partition coefficient (Wildman–Crippen LogP) is -0.335. The maximum atomic E-state index is 9.86. The van der Waals surface area contributed by atoms with E-state index in [2.05, 4.69) is 16.8 Å². The summed E-state index contributed by atoms with van der Waals surface area (Å²) in [5.74, 6) is 0. The largest absolute Gasteiger partial charge is 0.391 e. The molecule has 0 aliphatic heterocycles. The van der Waals surface area contributed by atoms with Crippen LogP contribution < -0.4 is 0 Å². The predicted molar refractivity (Wildman–Crippen MR) is 31.3 cm³/mol. The van der Waals surface area contributed by atoms with E-state index in [0.29, 0.717) is 6.29 Å². The average Bonchev–Trinajstić information content (AvgIpc) is 1.69. The van der Waals surface area contributed by atoms with Crippen LogP contribution in [-0.4, -0.2) is 23.5 Å². The summed E-state index contributed by atoms with van der Waals surface area (Å²) in [4.78, 5) is 9.86. The smallest absolute Gasteiger partial charge is 0.148 e. The van der Waals surface area contributed by atoms with Crippen LogP contribution in [0.15, 0.2) is 4.36 Å². The minimum atomic E-state index is -0.759. The van der Waals surface area contributed by atoms with Crippen molar-refractivity contribution in [3.8, 4) is 0 Å². The summed E-state index contributed by atoms with van der Waals surface area (Å²) < 4.78 is 3.17. The van der Waals surface area contributed by atoms with Gasteiger partial charge in [0.15, 0.2) is 0 Å². The van der Waals surface area contributed by atoms with Crippen LogP contribution in [0.25, 0.3) is 0 Å². The Morgan fingerprint density at radius 3 is 2.38 bits per heavy atom. The fourth-order valence-corrected chi connectivity index (χ4v) is 0.452. The van der Waals surface area contributed by atoms with Gasteiger partial charge >= 0.3 is 0 Å². The van der Waals surface area contributed by atoms with Gasteiger partial charge in [-0.3, -0.25) is 0 Å². The third-order valence-corrected chi connectivity index (χ3v) is 0.999. The molecule has 0 heterocycles. The van der Waals surface area contributed by atoms with Gasteiger partial charge in [0.2, 0.25) is 0 Å². The number of aldehydes is 1.